The average molecular weight is 1100 g/mol. The van der Waals surface area contributed by atoms with Gasteiger partial charge in [0.05, 0.1) is 47.3 Å². The summed E-state index contributed by atoms with van der Waals surface area (Å²) in [5.74, 6) is 6.94. The van der Waals surface area contributed by atoms with Gasteiger partial charge in [-0.1, -0.05) is 47.3 Å². The van der Waals surface area contributed by atoms with E-state index in [1.807, 2.05) is 47.5 Å². The summed E-state index contributed by atoms with van der Waals surface area (Å²) in [5, 5.41) is 18.2. The van der Waals surface area contributed by atoms with Crippen molar-refractivity contribution in [3.8, 4) is 11.8 Å². The van der Waals surface area contributed by atoms with E-state index in [0.717, 1.165) is 134 Å². The maximum atomic E-state index is 14.0. The molecule has 1 aromatic carbocycles. The van der Waals surface area contributed by atoms with Crippen LogP contribution < -0.4 is 21.3 Å². The van der Waals surface area contributed by atoms with Gasteiger partial charge in [0.2, 0.25) is 17.7 Å². The first kappa shape index (κ1) is 55.3. The quantitative estimate of drug-likeness (QED) is 0.0326. The molecular weight excluding hydrogens is 1030 g/mol. The highest BCUT2D eigenvalue weighted by Crippen LogP contribution is 2.32. The lowest BCUT2D eigenvalue weighted by Gasteiger charge is -2.40. The van der Waals surface area contributed by atoms with E-state index in [-0.39, 0.29) is 42.7 Å². The van der Waals surface area contributed by atoms with Crippen LogP contribution in [0.3, 0.4) is 0 Å². The first-order chi connectivity index (χ1) is 36.8. The molecule has 9 rings (SSSR count). The van der Waals surface area contributed by atoms with Crippen molar-refractivity contribution in [2.45, 2.75) is 55.6 Å². The van der Waals surface area contributed by atoms with Crippen LogP contribution in [0.25, 0.3) is 21.3 Å². The van der Waals surface area contributed by atoms with Gasteiger partial charge in [0, 0.05) is 102 Å². The minimum atomic E-state index is -1.01. The number of aromatic amines is 1. The number of carboxylic acid groups (broad SMARTS) is 1. The number of amides is 3. The summed E-state index contributed by atoms with van der Waals surface area (Å²) < 4.78 is 5.70. The molecule has 0 saturated carbocycles. The number of anilines is 1. The summed E-state index contributed by atoms with van der Waals surface area (Å²) in [6, 6.07) is 11.3. The Morgan fingerprint density at radius 1 is 0.921 bits per heavy atom. The largest absolute Gasteiger partial charge is 0.481 e. The molecule has 0 aliphatic carbocycles. The van der Waals surface area contributed by atoms with E-state index >= 15 is 0 Å². The number of nitrogens with one attached hydrogen (secondary N) is 3. The molecule has 4 aromatic heterocycles. The third-order valence-electron chi connectivity index (χ3n) is 15.0. The highest BCUT2D eigenvalue weighted by atomic mass is 35.5. The summed E-state index contributed by atoms with van der Waals surface area (Å²) in [5.41, 5.74) is 7.63. The summed E-state index contributed by atoms with van der Waals surface area (Å²) in [6.45, 7) is 15.4. The molecule has 1 atom stereocenters. The van der Waals surface area contributed by atoms with Crippen molar-refractivity contribution in [2.24, 2.45) is 11.7 Å². The number of carbonyl (C=O) groups is 4. The van der Waals surface area contributed by atoms with Gasteiger partial charge in [0.15, 0.2) is 0 Å². The van der Waals surface area contributed by atoms with Crippen LogP contribution in [-0.2, 0) is 23.9 Å². The Labute approximate surface area is 456 Å². The number of nitrogens with two attached hydrogens (primary N) is 1. The van der Waals surface area contributed by atoms with Crippen LogP contribution in [-0.4, -0.2) is 214 Å². The highest BCUT2D eigenvalue weighted by molar-refractivity contribution is 8.00. The lowest BCUT2D eigenvalue weighted by Crippen LogP contribution is -2.60. The maximum Gasteiger partial charge on any atom is 0.313 e. The molecule has 406 valence electrons. The van der Waals surface area contributed by atoms with Gasteiger partial charge in [-0.15, -0.1) is 11.3 Å². The number of thiophene rings is 1. The van der Waals surface area contributed by atoms with Crippen molar-refractivity contribution >= 4 is 85.5 Å². The number of nitrogens with zero attached hydrogens (tertiary/aromatic N) is 10. The number of likely N-dealkylation sites (tertiary alicyclic amines) is 1. The molecule has 4 aliphatic rings. The molecule has 20 nitrogen and oxygen atoms in total. The van der Waals surface area contributed by atoms with Crippen LogP contribution in [0.1, 0.15) is 54.4 Å². The van der Waals surface area contributed by atoms with Crippen molar-refractivity contribution in [1.82, 2.24) is 60.1 Å². The molecule has 4 aliphatic heterocycles. The van der Waals surface area contributed by atoms with E-state index < -0.39 is 11.5 Å². The van der Waals surface area contributed by atoms with E-state index in [2.05, 4.69) is 71.9 Å². The molecule has 4 saturated heterocycles. The monoisotopic (exact) mass is 1100 g/mol. The second-order valence-corrected chi connectivity index (χ2v) is 22.7. The Hall–Kier alpha value is -5.48. The van der Waals surface area contributed by atoms with Gasteiger partial charge in [-0.05, 0) is 87.9 Å². The van der Waals surface area contributed by atoms with Crippen molar-refractivity contribution in [3.05, 3.63) is 70.2 Å². The zero-order valence-electron chi connectivity index (χ0n) is 43.2. The van der Waals surface area contributed by atoms with Crippen LogP contribution in [0.5, 0.6) is 0 Å². The van der Waals surface area contributed by atoms with E-state index in [1.54, 1.807) is 13.3 Å². The number of ether oxygens (including phenoxy) is 1. The maximum absolute atomic E-state index is 14.0. The van der Waals surface area contributed by atoms with E-state index in [4.69, 9.17) is 27.2 Å². The van der Waals surface area contributed by atoms with Gasteiger partial charge in [0.25, 0.3) is 0 Å². The lowest BCUT2D eigenvalue weighted by atomic mass is 9.87. The Kier molecular flexibility index (Phi) is 19.1. The second-order valence-electron chi connectivity index (χ2n) is 20.2. The number of H-pyrrole nitrogens is 1. The van der Waals surface area contributed by atoms with Crippen molar-refractivity contribution in [3.63, 3.8) is 0 Å². The minimum Gasteiger partial charge on any atom is -0.481 e. The van der Waals surface area contributed by atoms with Gasteiger partial charge >= 0.3 is 5.97 Å². The number of aryl methyl sites for hydroxylation is 1. The SMILES string of the molecule is Cc1nc(SCC(=O)O)c2cc(C#CCNC(=O)COCCN3CCC(CN4CCN(CC(=O)N5CCN(CC[C@H](NC(=O)C6(N)CCN(c7ncnc8[nH]ccc78)CC6)c6ccc(Cl)cc6)CC5)CC4)CC3)sc2n1. The zero-order valence-corrected chi connectivity index (χ0v) is 45.6. The molecule has 0 radical (unpaired) electrons. The Balaban J connectivity index is 0.620. The molecule has 3 amide bonds. The molecule has 8 heterocycles. The number of carboxylic acids is 1. The number of aliphatic carboxylic acids is 1. The first-order valence-electron chi connectivity index (χ1n) is 26.4. The van der Waals surface area contributed by atoms with E-state index in [0.29, 0.717) is 80.4 Å². The topological polar surface area (TPSA) is 235 Å². The van der Waals surface area contributed by atoms with Gasteiger partial charge in [0.1, 0.15) is 40.1 Å². The lowest BCUT2D eigenvalue weighted by molar-refractivity contribution is -0.135. The molecule has 5 aromatic rings. The second kappa shape index (κ2) is 26.2. The molecule has 0 unspecified atom stereocenters. The standard InChI is InChI=1S/C53H69ClN14O6S2/c1-37-60-50(75-35-47(71)72)43-31-41(76-51(43)61-37)3-2-14-56-45(69)34-74-30-29-63-16-9-38(10-17-63)32-65-21-23-66(24-22-65)33-46(70)67-27-25-64(26-28-67)18-11-44(39-4-6-40(54)7-5-39)62-52(73)53(55)12-19-68(20-13-53)49-42-8-15-57-48(42)58-36-59-49/h4-8,15,31,36,38,44H,9-14,16-30,32-35,55H2,1H3,(H,56,69)(H,62,73)(H,71,72)(H,57,58,59)/t44-/m0/s1. The number of aromatic nitrogens is 5. The van der Waals surface area contributed by atoms with Crippen LogP contribution in [0.4, 0.5) is 5.82 Å². The average Bonchev–Trinajstić information content (AvgIpc) is 4.09. The number of piperazine rings is 2. The molecule has 0 bridgehead atoms. The number of benzene rings is 1. The molecule has 23 heteroatoms. The molecule has 4 fully saturated rings. The van der Waals surface area contributed by atoms with Crippen LogP contribution in [0.2, 0.25) is 5.02 Å². The van der Waals surface area contributed by atoms with Gasteiger partial charge in [-0.25, -0.2) is 19.9 Å². The van der Waals surface area contributed by atoms with Crippen LogP contribution in [0.15, 0.2) is 53.9 Å². The summed E-state index contributed by atoms with van der Waals surface area (Å²) in [6.07, 6.45) is 7.37. The van der Waals surface area contributed by atoms with Gasteiger partial charge in [-0.3, -0.25) is 29.0 Å². The predicted octanol–water partition coefficient (Wildman–Crippen LogP) is 3.30. The highest BCUT2D eigenvalue weighted by Gasteiger charge is 2.39. The number of thioether (sulfide) groups is 1. The number of fused-ring (bicyclic) bond motifs is 2. The fraction of sp³-hybridized carbons (Fsp3) is 0.547. The molecule has 6 N–H and O–H groups in total. The number of halogens is 1. The summed E-state index contributed by atoms with van der Waals surface area (Å²) >= 11 is 8.84. The molecule has 76 heavy (non-hydrogen) atoms. The van der Waals surface area contributed by atoms with Crippen molar-refractivity contribution < 1.29 is 29.0 Å². The Morgan fingerprint density at radius 3 is 2.39 bits per heavy atom. The molecular formula is C53H69ClN14O6S2. The number of hydrogen-bond donors (Lipinski definition) is 5. The van der Waals surface area contributed by atoms with E-state index in [9.17, 15) is 19.2 Å². The minimum absolute atomic E-state index is 0.0200. The third kappa shape index (κ3) is 15.0. The first-order valence-corrected chi connectivity index (χ1v) is 28.5. The van der Waals surface area contributed by atoms with Crippen molar-refractivity contribution in [1.29, 1.82) is 0 Å². The predicted molar refractivity (Wildman–Crippen MR) is 295 cm³/mol. The van der Waals surface area contributed by atoms with Gasteiger partial charge in [-0.2, -0.15) is 0 Å². The number of piperidine rings is 2. The summed E-state index contributed by atoms with van der Waals surface area (Å²) in [4.78, 5) is 87.2. The van der Waals surface area contributed by atoms with Crippen LogP contribution in [0, 0.1) is 24.7 Å². The number of rotatable bonds is 20. The summed E-state index contributed by atoms with van der Waals surface area (Å²) in [7, 11) is 0. The Bertz CT molecular complexity index is 2850. The normalized spacial score (nSPS) is 18.6. The number of hydrogen-bond acceptors (Lipinski definition) is 17. The Morgan fingerprint density at radius 2 is 1.64 bits per heavy atom. The van der Waals surface area contributed by atoms with Crippen LogP contribution >= 0.6 is 34.7 Å². The fourth-order valence-electron chi connectivity index (χ4n) is 10.5. The smallest absolute Gasteiger partial charge is 0.313 e. The molecule has 0 spiro atoms. The van der Waals surface area contributed by atoms with Gasteiger partial charge < -0.3 is 50.8 Å². The third-order valence-corrected chi connectivity index (χ3v) is 17.2. The fourth-order valence-corrected chi connectivity index (χ4v) is 12.4. The zero-order chi connectivity index (χ0) is 53.0. The van der Waals surface area contributed by atoms with Crippen molar-refractivity contribution in [2.75, 3.05) is 135 Å². The van der Waals surface area contributed by atoms with E-state index in [1.165, 1.54) is 11.3 Å². The number of carbonyl (C=O) groups excluding carboxylic acids is 3.